The molecule has 3 fully saturated rings. The molecule has 2 saturated heterocycles. The fourth-order valence-electron chi connectivity index (χ4n) is 4.19. The molecule has 7 heteroatoms. The van der Waals surface area contributed by atoms with Gasteiger partial charge in [0.1, 0.15) is 11.6 Å². The zero-order valence-corrected chi connectivity index (χ0v) is 14.5. The monoisotopic (exact) mass is 366 g/mol. The van der Waals surface area contributed by atoms with Gasteiger partial charge in [-0.25, -0.2) is 8.78 Å². The molecule has 1 aromatic rings. The molecule has 2 aliphatic heterocycles. The van der Waals surface area contributed by atoms with Crippen molar-refractivity contribution in [2.24, 2.45) is 5.92 Å². The fraction of sp³-hybridized carbons (Fsp3) is 0.632. The predicted molar refractivity (Wildman–Crippen MR) is 90.6 cm³/mol. The highest BCUT2D eigenvalue weighted by molar-refractivity contribution is 5.83. The van der Waals surface area contributed by atoms with Crippen molar-refractivity contribution in [2.75, 3.05) is 26.3 Å². The van der Waals surface area contributed by atoms with Crippen LogP contribution < -0.4 is 5.32 Å². The van der Waals surface area contributed by atoms with E-state index < -0.39 is 17.7 Å². The zero-order valence-electron chi connectivity index (χ0n) is 14.5. The second-order valence-corrected chi connectivity index (χ2v) is 7.61. The first kappa shape index (κ1) is 17.8. The van der Waals surface area contributed by atoms with Crippen molar-refractivity contribution in [1.82, 2.24) is 10.2 Å². The summed E-state index contributed by atoms with van der Waals surface area (Å²) in [5, 5.41) is 13.0. The number of nitrogens with zero attached hydrogens (tertiary/aromatic N) is 1. The van der Waals surface area contributed by atoms with E-state index in [1.54, 1.807) is 0 Å². The van der Waals surface area contributed by atoms with E-state index in [1.165, 1.54) is 12.1 Å². The van der Waals surface area contributed by atoms with E-state index in [4.69, 9.17) is 4.74 Å². The van der Waals surface area contributed by atoms with Gasteiger partial charge in [0.2, 0.25) is 5.91 Å². The van der Waals surface area contributed by atoms with Gasteiger partial charge in [-0.15, -0.1) is 0 Å². The Bertz CT molecular complexity index is 679. The van der Waals surface area contributed by atoms with Crippen LogP contribution in [0.5, 0.6) is 0 Å². The van der Waals surface area contributed by atoms with Gasteiger partial charge in [-0.1, -0.05) is 6.07 Å². The molecule has 1 saturated carbocycles. The topological polar surface area (TPSA) is 61.8 Å². The number of amides is 1. The van der Waals surface area contributed by atoms with Crippen LogP contribution in [0.2, 0.25) is 0 Å². The first-order chi connectivity index (χ1) is 12.5. The fourth-order valence-corrected chi connectivity index (χ4v) is 4.19. The molecule has 142 valence electrons. The zero-order chi connectivity index (χ0) is 18.3. The van der Waals surface area contributed by atoms with E-state index in [-0.39, 0.29) is 29.8 Å². The van der Waals surface area contributed by atoms with Gasteiger partial charge in [-0.05, 0) is 36.8 Å². The number of piperidine rings is 1. The van der Waals surface area contributed by atoms with Gasteiger partial charge in [0.05, 0.1) is 25.4 Å². The van der Waals surface area contributed by atoms with E-state index in [9.17, 15) is 18.7 Å². The maximum atomic E-state index is 13.9. The third-order valence-electron chi connectivity index (χ3n) is 5.86. The number of hydrogen-bond acceptors (Lipinski definition) is 4. The highest BCUT2D eigenvalue weighted by atomic mass is 19.1. The summed E-state index contributed by atoms with van der Waals surface area (Å²) >= 11 is 0. The number of aliphatic hydroxyl groups is 1. The lowest BCUT2D eigenvalue weighted by Crippen LogP contribution is -2.51. The Balaban J connectivity index is 1.26. The molecule has 0 spiro atoms. The molecule has 1 aromatic carbocycles. The molecular formula is C19H24F2N2O3. The second-order valence-electron chi connectivity index (χ2n) is 7.61. The average Bonchev–Trinajstić information content (AvgIpc) is 3.29. The van der Waals surface area contributed by atoms with Crippen LogP contribution in [0.3, 0.4) is 0 Å². The van der Waals surface area contributed by atoms with E-state index in [0.717, 1.165) is 32.0 Å². The number of carbonyl (C=O) groups is 1. The Kier molecular flexibility index (Phi) is 4.94. The number of benzene rings is 1. The first-order valence-electron chi connectivity index (χ1n) is 9.28. The van der Waals surface area contributed by atoms with Gasteiger partial charge < -0.3 is 15.2 Å². The Hall–Kier alpha value is -1.57. The standard InChI is InChI=1S/C19H24F2N2O3/c20-11-1-2-13(16(21)7-11)14-8-15(14)19(25)22-12-3-5-23(6-4-12)17-9-26-10-18(17)24/h1-2,7,12,14-15,17-18,24H,3-6,8-10H2,(H,22,25)/t14-,15+,17+,18+/m0/s1. The van der Waals surface area contributed by atoms with Crippen LogP contribution in [0.25, 0.3) is 0 Å². The predicted octanol–water partition coefficient (Wildman–Crippen LogP) is 1.41. The van der Waals surface area contributed by atoms with Crippen LogP contribution in [0.4, 0.5) is 8.78 Å². The van der Waals surface area contributed by atoms with E-state index in [0.29, 0.717) is 25.2 Å². The molecule has 1 aliphatic carbocycles. The molecule has 0 unspecified atom stereocenters. The van der Waals surface area contributed by atoms with Crippen LogP contribution in [0, 0.1) is 17.6 Å². The van der Waals surface area contributed by atoms with Crippen LogP contribution in [0.15, 0.2) is 18.2 Å². The van der Waals surface area contributed by atoms with E-state index >= 15 is 0 Å². The van der Waals surface area contributed by atoms with Gasteiger partial charge in [0, 0.05) is 31.1 Å². The molecule has 2 N–H and O–H groups in total. The van der Waals surface area contributed by atoms with Crippen LogP contribution >= 0.6 is 0 Å². The quantitative estimate of drug-likeness (QED) is 0.846. The number of hydrogen-bond donors (Lipinski definition) is 2. The smallest absolute Gasteiger partial charge is 0.223 e. The summed E-state index contributed by atoms with van der Waals surface area (Å²) in [5.41, 5.74) is 0.427. The SMILES string of the molecule is O=C(NC1CCN([C@@H]2COC[C@H]2O)CC1)[C@@H]1C[C@H]1c1ccc(F)cc1F. The number of aliphatic hydroxyl groups excluding tert-OH is 1. The van der Waals surface area contributed by atoms with Crippen molar-refractivity contribution < 1.29 is 23.4 Å². The molecule has 4 atom stereocenters. The number of nitrogens with one attached hydrogen (secondary N) is 1. The van der Waals surface area contributed by atoms with Crippen LogP contribution in [0.1, 0.15) is 30.7 Å². The molecule has 26 heavy (non-hydrogen) atoms. The van der Waals surface area contributed by atoms with Crippen molar-refractivity contribution in [3.05, 3.63) is 35.4 Å². The minimum absolute atomic E-state index is 0.0404. The van der Waals surface area contributed by atoms with Gasteiger partial charge in [-0.3, -0.25) is 9.69 Å². The van der Waals surface area contributed by atoms with Gasteiger partial charge >= 0.3 is 0 Å². The van der Waals surface area contributed by atoms with Gasteiger partial charge in [0.25, 0.3) is 0 Å². The third-order valence-corrected chi connectivity index (χ3v) is 5.86. The minimum atomic E-state index is -0.600. The third kappa shape index (κ3) is 3.61. The van der Waals surface area contributed by atoms with Crippen molar-refractivity contribution >= 4 is 5.91 Å². The molecule has 0 aromatic heterocycles. The lowest BCUT2D eigenvalue weighted by molar-refractivity contribution is -0.123. The summed E-state index contributed by atoms with van der Waals surface area (Å²) < 4.78 is 32.2. The number of halogens is 2. The number of rotatable bonds is 4. The summed E-state index contributed by atoms with van der Waals surface area (Å²) in [7, 11) is 0. The Morgan fingerprint density at radius 3 is 2.65 bits per heavy atom. The molecule has 2 heterocycles. The van der Waals surface area contributed by atoms with Gasteiger partial charge in [0.15, 0.2) is 0 Å². The summed E-state index contributed by atoms with van der Waals surface area (Å²) in [6.45, 7) is 2.59. The summed E-state index contributed by atoms with van der Waals surface area (Å²) in [6.07, 6.45) is 1.84. The molecule has 4 rings (SSSR count). The van der Waals surface area contributed by atoms with E-state index in [1.807, 2.05) is 0 Å². The highest BCUT2D eigenvalue weighted by Crippen LogP contribution is 2.48. The highest BCUT2D eigenvalue weighted by Gasteiger charge is 2.46. The average molecular weight is 366 g/mol. The van der Waals surface area contributed by atoms with Crippen molar-refractivity contribution in [2.45, 2.75) is 43.4 Å². The van der Waals surface area contributed by atoms with Gasteiger partial charge in [-0.2, -0.15) is 0 Å². The Morgan fingerprint density at radius 2 is 2.00 bits per heavy atom. The van der Waals surface area contributed by atoms with Crippen molar-refractivity contribution in [3.63, 3.8) is 0 Å². The maximum absolute atomic E-state index is 13.9. The second kappa shape index (κ2) is 7.21. The first-order valence-corrected chi connectivity index (χ1v) is 9.28. The maximum Gasteiger partial charge on any atom is 0.223 e. The van der Waals surface area contributed by atoms with Crippen molar-refractivity contribution in [3.8, 4) is 0 Å². The number of likely N-dealkylation sites (tertiary alicyclic amines) is 1. The summed E-state index contributed by atoms with van der Waals surface area (Å²) in [5.74, 6) is -1.59. The van der Waals surface area contributed by atoms with Crippen LogP contribution in [-0.2, 0) is 9.53 Å². The lowest BCUT2D eigenvalue weighted by atomic mass is 10.0. The normalized spacial score (nSPS) is 32.6. The molecular weight excluding hydrogens is 342 g/mol. The lowest BCUT2D eigenvalue weighted by Gasteiger charge is -2.36. The van der Waals surface area contributed by atoms with E-state index in [2.05, 4.69) is 10.2 Å². The Labute approximate surface area is 151 Å². The molecule has 0 bridgehead atoms. The molecule has 1 amide bonds. The minimum Gasteiger partial charge on any atom is -0.389 e. The largest absolute Gasteiger partial charge is 0.389 e. The molecule has 3 aliphatic rings. The van der Waals surface area contributed by atoms with Crippen LogP contribution in [-0.4, -0.2) is 60.4 Å². The number of carbonyl (C=O) groups excluding carboxylic acids is 1. The number of ether oxygens (including phenoxy) is 1. The Morgan fingerprint density at radius 1 is 1.23 bits per heavy atom. The summed E-state index contributed by atoms with van der Waals surface area (Å²) in [4.78, 5) is 14.7. The summed E-state index contributed by atoms with van der Waals surface area (Å²) in [6, 6.07) is 3.72. The molecule has 0 radical (unpaired) electrons. The van der Waals surface area contributed by atoms with Crippen molar-refractivity contribution in [1.29, 1.82) is 0 Å². The molecule has 5 nitrogen and oxygen atoms in total.